The number of nitrogens with one attached hydrogen (secondary N) is 2. The maximum absolute atomic E-state index is 10.4. The number of phenolic OH excluding ortho intramolecular Hbond substituents is 1. The Morgan fingerprint density at radius 3 is 2.84 bits per heavy atom. The van der Waals surface area contributed by atoms with Crippen LogP contribution in [0.1, 0.15) is 18.5 Å². The number of benzene rings is 1. The molecule has 3 rings (SSSR count). The van der Waals surface area contributed by atoms with Gasteiger partial charge in [0.15, 0.2) is 28.7 Å². The molecule has 0 aliphatic carbocycles. The van der Waals surface area contributed by atoms with Crippen molar-refractivity contribution in [2.75, 3.05) is 6.61 Å². The molecule has 0 saturated heterocycles. The summed E-state index contributed by atoms with van der Waals surface area (Å²) in [5, 5.41) is 36.1. The summed E-state index contributed by atoms with van der Waals surface area (Å²) in [5.74, 6) is 0.0859. The molecule has 0 amide bonds. The first-order valence-electron chi connectivity index (χ1n) is 7.63. The second kappa shape index (κ2) is 6.99. The summed E-state index contributed by atoms with van der Waals surface area (Å²) in [6.07, 6.45) is 3.68. The molecule has 2 heterocycles. The Bertz CT molecular complexity index is 806. The van der Waals surface area contributed by atoms with Crippen LogP contribution in [0.2, 0.25) is 0 Å². The fraction of sp³-hybridized carbons (Fsp3) is 0.250. The lowest BCUT2D eigenvalue weighted by molar-refractivity contribution is 0.167. The number of nitrogens with zero attached hydrogens (tertiary/aromatic N) is 2. The molecule has 8 nitrogen and oxygen atoms in total. The lowest BCUT2D eigenvalue weighted by atomic mass is 9.96. The number of thiocarbonyl (C=S) groups is 1. The molecule has 1 aliphatic rings. The van der Waals surface area contributed by atoms with Crippen molar-refractivity contribution in [3.8, 4) is 11.5 Å². The summed E-state index contributed by atoms with van der Waals surface area (Å²) in [5.41, 5.74) is 0.941. The molecule has 0 bridgehead atoms. The topological polar surface area (TPSA) is 112 Å². The largest absolute Gasteiger partial charge is 0.504 e. The van der Waals surface area contributed by atoms with Gasteiger partial charge in [0, 0.05) is 12.4 Å². The minimum Gasteiger partial charge on any atom is -0.504 e. The number of ether oxygens (including phenoxy) is 1. The lowest BCUT2D eigenvalue weighted by Crippen LogP contribution is -2.50. The zero-order chi connectivity index (χ0) is 18.0. The van der Waals surface area contributed by atoms with Crippen LogP contribution in [-0.4, -0.2) is 42.8 Å². The molecule has 25 heavy (non-hydrogen) atoms. The zero-order valence-electron chi connectivity index (χ0n) is 13.4. The molecule has 2 aromatic rings. The van der Waals surface area contributed by atoms with Crippen molar-refractivity contribution in [3.63, 3.8) is 0 Å². The SMILES string of the molecule is CCOc1cc(C(C2=C(O)NC(=S)NC2O)n2ccnc2)ccc1O. The second-order valence-electron chi connectivity index (χ2n) is 5.38. The van der Waals surface area contributed by atoms with Gasteiger partial charge in [0.25, 0.3) is 0 Å². The fourth-order valence-electron chi connectivity index (χ4n) is 2.73. The van der Waals surface area contributed by atoms with Gasteiger partial charge in [-0.15, -0.1) is 0 Å². The average molecular weight is 362 g/mol. The average Bonchev–Trinajstić information content (AvgIpc) is 3.07. The molecular weight excluding hydrogens is 344 g/mol. The summed E-state index contributed by atoms with van der Waals surface area (Å²) >= 11 is 4.94. The van der Waals surface area contributed by atoms with E-state index < -0.39 is 12.3 Å². The molecule has 1 aliphatic heterocycles. The first-order valence-corrected chi connectivity index (χ1v) is 8.03. The molecule has 0 spiro atoms. The van der Waals surface area contributed by atoms with Crippen LogP contribution in [0.4, 0.5) is 0 Å². The summed E-state index contributed by atoms with van der Waals surface area (Å²) < 4.78 is 7.15. The van der Waals surface area contributed by atoms with E-state index in [0.29, 0.717) is 17.9 Å². The number of rotatable bonds is 5. The molecule has 1 aromatic heterocycles. The number of aromatic hydroxyl groups is 1. The summed E-state index contributed by atoms with van der Waals surface area (Å²) in [7, 11) is 0. The van der Waals surface area contributed by atoms with Crippen molar-refractivity contribution in [1.29, 1.82) is 0 Å². The number of hydrogen-bond donors (Lipinski definition) is 5. The Kier molecular flexibility index (Phi) is 4.77. The van der Waals surface area contributed by atoms with Crippen LogP contribution >= 0.6 is 12.2 Å². The van der Waals surface area contributed by atoms with Gasteiger partial charge in [-0.25, -0.2) is 4.98 Å². The lowest BCUT2D eigenvalue weighted by Gasteiger charge is -2.31. The molecule has 0 saturated carbocycles. The van der Waals surface area contributed by atoms with E-state index in [-0.39, 0.29) is 22.3 Å². The van der Waals surface area contributed by atoms with Crippen LogP contribution in [0.5, 0.6) is 11.5 Å². The highest BCUT2D eigenvalue weighted by Crippen LogP contribution is 2.35. The zero-order valence-corrected chi connectivity index (χ0v) is 14.2. The minimum atomic E-state index is -1.19. The molecule has 0 fully saturated rings. The van der Waals surface area contributed by atoms with Crippen molar-refractivity contribution < 1.29 is 20.1 Å². The molecular formula is C16H18N4O4S. The van der Waals surface area contributed by atoms with Crippen molar-refractivity contribution in [1.82, 2.24) is 20.2 Å². The van der Waals surface area contributed by atoms with Gasteiger partial charge in [-0.05, 0) is 36.8 Å². The van der Waals surface area contributed by atoms with E-state index in [1.54, 1.807) is 35.4 Å². The molecule has 2 atom stereocenters. The van der Waals surface area contributed by atoms with Crippen molar-refractivity contribution >= 4 is 17.3 Å². The standard InChI is InChI=1S/C16H18N4O4S/c1-2-24-11-7-9(3-4-10(11)21)13(20-6-5-17-8-20)12-14(22)18-16(25)19-15(12)23/h3-8,13-14,21-23H,2H2,1H3,(H2,18,19,25). The van der Waals surface area contributed by atoms with Gasteiger partial charge in [0.2, 0.25) is 0 Å². The maximum Gasteiger partial charge on any atom is 0.196 e. The summed E-state index contributed by atoms with van der Waals surface area (Å²) in [4.78, 5) is 4.03. The van der Waals surface area contributed by atoms with Gasteiger partial charge in [0.05, 0.1) is 24.5 Å². The Labute approximate surface area is 149 Å². The maximum atomic E-state index is 10.4. The molecule has 1 aromatic carbocycles. The molecule has 5 N–H and O–H groups in total. The van der Waals surface area contributed by atoms with Crippen LogP contribution in [0.25, 0.3) is 0 Å². The van der Waals surface area contributed by atoms with E-state index in [2.05, 4.69) is 15.6 Å². The van der Waals surface area contributed by atoms with Gasteiger partial charge < -0.3 is 35.3 Å². The highest BCUT2D eigenvalue weighted by atomic mass is 32.1. The van der Waals surface area contributed by atoms with Crippen LogP contribution in [0.3, 0.4) is 0 Å². The summed E-state index contributed by atoms with van der Waals surface area (Å²) in [6, 6.07) is 4.24. The molecule has 2 unspecified atom stereocenters. The monoisotopic (exact) mass is 362 g/mol. The van der Waals surface area contributed by atoms with E-state index in [4.69, 9.17) is 17.0 Å². The van der Waals surface area contributed by atoms with Gasteiger partial charge in [-0.1, -0.05) is 6.07 Å². The number of aliphatic hydroxyl groups excluding tert-OH is 2. The smallest absolute Gasteiger partial charge is 0.196 e. The third-order valence-corrected chi connectivity index (χ3v) is 4.00. The Morgan fingerprint density at radius 2 is 2.20 bits per heavy atom. The van der Waals surface area contributed by atoms with Gasteiger partial charge in [-0.3, -0.25) is 0 Å². The Balaban J connectivity index is 2.13. The highest BCUT2D eigenvalue weighted by molar-refractivity contribution is 7.80. The number of imidazole rings is 1. The minimum absolute atomic E-state index is 0.00908. The third-order valence-electron chi connectivity index (χ3n) is 3.78. The number of phenols is 1. The first kappa shape index (κ1) is 17.1. The van der Waals surface area contributed by atoms with E-state index in [1.807, 2.05) is 6.92 Å². The predicted molar refractivity (Wildman–Crippen MR) is 94.2 cm³/mol. The fourth-order valence-corrected chi connectivity index (χ4v) is 2.94. The van der Waals surface area contributed by atoms with E-state index in [9.17, 15) is 15.3 Å². The van der Waals surface area contributed by atoms with E-state index in [0.717, 1.165) is 0 Å². The van der Waals surface area contributed by atoms with Crippen molar-refractivity contribution in [2.45, 2.75) is 19.2 Å². The summed E-state index contributed by atoms with van der Waals surface area (Å²) in [6.45, 7) is 2.20. The Hall–Kier alpha value is -2.78. The number of aromatic nitrogens is 2. The third kappa shape index (κ3) is 3.37. The first-order chi connectivity index (χ1) is 12.0. The van der Waals surface area contributed by atoms with Crippen LogP contribution in [0, 0.1) is 0 Å². The van der Waals surface area contributed by atoms with Gasteiger partial charge in [-0.2, -0.15) is 0 Å². The molecule has 0 radical (unpaired) electrons. The van der Waals surface area contributed by atoms with Crippen LogP contribution in [0.15, 0.2) is 48.4 Å². The number of hydrogen-bond acceptors (Lipinski definition) is 6. The molecule has 9 heteroatoms. The van der Waals surface area contributed by atoms with Crippen LogP contribution in [-0.2, 0) is 0 Å². The van der Waals surface area contributed by atoms with E-state index >= 15 is 0 Å². The quantitative estimate of drug-likeness (QED) is 0.504. The van der Waals surface area contributed by atoms with Crippen molar-refractivity contribution in [2.24, 2.45) is 0 Å². The predicted octanol–water partition coefficient (Wildman–Crippen LogP) is 1.14. The van der Waals surface area contributed by atoms with Crippen molar-refractivity contribution in [3.05, 3.63) is 53.9 Å². The second-order valence-corrected chi connectivity index (χ2v) is 5.79. The van der Waals surface area contributed by atoms with Crippen LogP contribution < -0.4 is 15.4 Å². The van der Waals surface area contributed by atoms with Gasteiger partial charge in [0.1, 0.15) is 0 Å². The molecule has 132 valence electrons. The van der Waals surface area contributed by atoms with Gasteiger partial charge >= 0.3 is 0 Å². The normalized spacial score (nSPS) is 18.5. The number of aliphatic hydroxyl groups is 2. The Morgan fingerprint density at radius 1 is 1.40 bits per heavy atom. The highest BCUT2D eigenvalue weighted by Gasteiger charge is 2.32. The van der Waals surface area contributed by atoms with E-state index in [1.165, 1.54) is 6.07 Å².